The van der Waals surface area contributed by atoms with Gasteiger partial charge in [-0.2, -0.15) is 0 Å². The number of hydrogen-bond donors (Lipinski definition) is 2. The second kappa shape index (κ2) is 9.42. The fraction of sp³-hybridized carbons (Fsp3) is 0.316. The first-order valence-corrected chi connectivity index (χ1v) is 8.15. The number of para-hydroxylation sites is 2. The highest BCUT2D eigenvalue weighted by molar-refractivity contribution is 5.90. The van der Waals surface area contributed by atoms with Gasteiger partial charge >= 0.3 is 6.03 Å². The molecule has 0 radical (unpaired) electrons. The van der Waals surface area contributed by atoms with Gasteiger partial charge in [0, 0.05) is 6.54 Å². The average Bonchev–Trinajstić information content (AvgIpc) is 2.63. The van der Waals surface area contributed by atoms with Gasteiger partial charge in [-0.1, -0.05) is 18.2 Å². The van der Waals surface area contributed by atoms with Crippen molar-refractivity contribution in [2.24, 2.45) is 0 Å². The van der Waals surface area contributed by atoms with Crippen molar-refractivity contribution in [1.82, 2.24) is 5.32 Å². The summed E-state index contributed by atoms with van der Waals surface area (Å²) in [6, 6.07) is 12.8. The Morgan fingerprint density at radius 2 is 1.76 bits per heavy atom. The van der Waals surface area contributed by atoms with E-state index in [0.29, 0.717) is 42.5 Å². The Balaban J connectivity index is 1.87. The van der Waals surface area contributed by atoms with Gasteiger partial charge in [0.1, 0.15) is 5.75 Å². The number of benzene rings is 2. The van der Waals surface area contributed by atoms with E-state index in [2.05, 4.69) is 10.6 Å². The lowest BCUT2D eigenvalue weighted by Gasteiger charge is -2.12. The van der Waals surface area contributed by atoms with Gasteiger partial charge in [0.25, 0.3) is 0 Å². The van der Waals surface area contributed by atoms with Crippen LogP contribution >= 0.6 is 0 Å². The molecule has 2 rings (SSSR count). The molecule has 0 aromatic heterocycles. The first-order valence-electron chi connectivity index (χ1n) is 8.15. The molecule has 0 unspecified atom stereocenters. The molecule has 25 heavy (non-hydrogen) atoms. The highest BCUT2D eigenvalue weighted by Crippen LogP contribution is 2.27. The highest BCUT2D eigenvalue weighted by atomic mass is 16.5. The van der Waals surface area contributed by atoms with Crippen LogP contribution in [0.25, 0.3) is 0 Å². The normalized spacial score (nSPS) is 10.0. The van der Waals surface area contributed by atoms with Gasteiger partial charge in [0.2, 0.25) is 0 Å². The monoisotopic (exact) mass is 344 g/mol. The van der Waals surface area contributed by atoms with Gasteiger partial charge in [-0.05, 0) is 43.2 Å². The smallest absolute Gasteiger partial charge is 0.319 e. The van der Waals surface area contributed by atoms with Crippen LogP contribution < -0.4 is 24.8 Å². The van der Waals surface area contributed by atoms with Crippen molar-refractivity contribution in [3.63, 3.8) is 0 Å². The molecule has 0 aliphatic carbocycles. The van der Waals surface area contributed by atoms with E-state index < -0.39 is 0 Å². The topological polar surface area (TPSA) is 68.8 Å². The summed E-state index contributed by atoms with van der Waals surface area (Å²) < 4.78 is 16.0. The predicted octanol–water partition coefficient (Wildman–Crippen LogP) is 3.47. The molecule has 0 saturated carbocycles. The molecule has 2 aromatic rings. The van der Waals surface area contributed by atoms with Crippen molar-refractivity contribution in [2.75, 3.05) is 32.7 Å². The molecule has 0 bridgehead atoms. The summed E-state index contributed by atoms with van der Waals surface area (Å²) in [5.41, 5.74) is 1.70. The highest BCUT2D eigenvalue weighted by Gasteiger charge is 2.08. The minimum atomic E-state index is -0.271. The first-order chi connectivity index (χ1) is 12.2. The van der Waals surface area contributed by atoms with Gasteiger partial charge < -0.3 is 24.8 Å². The SMILES string of the molecule is CCOc1ccccc1NC(=O)NCCc1ccc(OC)c(OC)c1. The number of hydrogen-bond acceptors (Lipinski definition) is 4. The summed E-state index contributed by atoms with van der Waals surface area (Å²) in [6.45, 7) is 2.94. The van der Waals surface area contributed by atoms with E-state index in [4.69, 9.17) is 14.2 Å². The minimum absolute atomic E-state index is 0.271. The Bertz CT molecular complexity index is 704. The van der Waals surface area contributed by atoms with Gasteiger partial charge in [0.05, 0.1) is 26.5 Å². The minimum Gasteiger partial charge on any atom is -0.493 e. The maximum absolute atomic E-state index is 12.1. The lowest BCUT2D eigenvalue weighted by molar-refractivity contribution is 0.252. The summed E-state index contributed by atoms with van der Waals surface area (Å²) in [6.07, 6.45) is 0.681. The number of nitrogens with one attached hydrogen (secondary N) is 2. The van der Waals surface area contributed by atoms with E-state index in [-0.39, 0.29) is 6.03 Å². The van der Waals surface area contributed by atoms with Crippen molar-refractivity contribution in [1.29, 1.82) is 0 Å². The van der Waals surface area contributed by atoms with Crippen molar-refractivity contribution >= 4 is 11.7 Å². The van der Waals surface area contributed by atoms with Crippen molar-refractivity contribution in [2.45, 2.75) is 13.3 Å². The van der Waals surface area contributed by atoms with E-state index in [1.54, 1.807) is 20.3 Å². The Kier molecular flexibility index (Phi) is 6.95. The molecule has 2 amide bonds. The summed E-state index contributed by atoms with van der Waals surface area (Å²) in [5.74, 6) is 2.01. The third kappa shape index (κ3) is 5.31. The zero-order chi connectivity index (χ0) is 18.1. The van der Waals surface area contributed by atoms with Crippen LogP contribution in [0.3, 0.4) is 0 Å². The number of ether oxygens (including phenoxy) is 3. The molecule has 0 heterocycles. The standard InChI is InChI=1S/C19H24N2O4/c1-4-25-16-8-6-5-7-15(16)21-19(22)20-12-11-14-9-10-17(23-2)18(13-14)24-3/h5-10,13H,4,11-12H2,1-3H3,(H2,20,21,22). The molecular weight excluding hydrogens is 320 g/mol. The third-order valence-electron chi connectivity index (χ3n) is 3.58. The van der Waals surface area contributed by atoms with E-state index in [1.165, 1.54) is 0 Å². The lowest BCUT2D eigenvalue weighted by atomic mass is 10.1. The van der Waals surface area contributed by atoms with E-state index in [9.17, 15) is 4.79 Å². The summed E-state index contributed by atoms with van der Waals surface area (Å²) in [5, 5.41) is 5.64. The molecule has 2 aromatic carbocycles. The van der Waals surface area contributed by atoms with Gasteiger partial charge in [-0.25, -0.2) is 4.79 Å². The Hall–Kier alpha value is -2.89. The van der Waals surface area contributed by atoms with Crippen molar-refractivity contribution < 1.29 is 19.0 Å². The molecular formula is C19H24N2O4. The number of methoxy groups -OCH3 is 2. The third-order valence-corrected chi connectivity index (χ3v) is 3.58. The van der Waals surface area contributed by atoms with Crippen LogP contribution in [0, 0.1) is 0 Å². The van der Waals surface area contributed by atoms with Crippen LogP contribution in [0.4, 0.5) is 10.5 Å². The van der Waals surface area contributed by atoms with Crippen LogP contribution in [-0.2, 0) is 6.42 Å². The largest absolute Gasteiger partial charge is 0.493 e. The predicted molar refractivity (Wildman–Crippen MR) is 97.9 cm³/mol. The lowest BCUT2D eigenvalue weighted by Crippen LogP contribution is -2.30. The summed E-state index contributed by atoms with van der Waals surface area (Å²) in [7, 11) is 3.20. The molecule has 0 saturated heterocycles. The number of carbonyl (C=O) groups excluding carboxylic acids is 1. The second-order valence-electron chi connectivity index (χ2n) is 5.25. The molecule has 0 aliphatic heterocycles. The van der Waals surface area contributed by atoms with Crippen LogP contribution in [0.2, 0.25) is 0 Å². The molecule has 0 aliphatic rings. The summed E-state index contributed by atoms with van der Waals surface area (Å²) in [4.78, 5) is 12.1. The molecule has 6 heteroatoms. The number of amides is 2. The van der Waals surface area contributed by atoms with Crippen LogP contribution in [0.1, 0.15) is 12.5 Å². The van der Waals surface area contributed by atoms with Crippen LogP contribution in [0.15, 0.2) is 42.5 Å². The fourth-order valence-corrected chi connectivity index (χ4v) is 2.37. The first kappa shape index (κ1) is 18.4. The molecule has 0 spiro atoms. The van der Waals surface area contributed by atoms with E-state index >= 15 is 0 Å². The summed E-state index contributed by atoms with van der Waals surface area (Å²) >= 11 is 0. The van der Waals surface area contributed by atoms with Crippen molar-refractivity contribution in [3.05, 3.63) is 48.0 Å². The zero-order valence-corrected chi connectivity index (χ0v) is 14.8. The molecule has 0 fully saturated rings. The van der Waals surface area contributed by atoms with Crippen LogP contribution in [-0.4, -0.2) is 33.4 Å². The number of urea groups is 1. The van der Waals surface area contributed by atoms with Gasteiger partial charge in [-0.3, -0.25) is 0 Å². The quantitative estimate of drug-likeness (QED) is 0.769. The second-order valence-corrected chi connectivity index (χ2v) is 5.25. The Morgan fingerprint density at radius 3 is 2.48 bits per heavy atom. The van der Waals surface area contributed by atoms with Crippen LogP contribution in [0.5, 0.6) is 17.2 Å². The average molecular weight is 344 g/mol. The van der Waals surface area contributed by atoms with Gasteiger partial charge in [-0.15, -0.1) is 0 Å². The Labute approximate surface area is 148 Å². The Morgan fingerprint density at radius 1 is 1.00 bits per heavy atom. The molecule has 134 valence electrons. The van der Waals surface area contributed by atoms with Gasteiger partial charge in [0.15, 0.2) is 11.5 Å². The maximum atomic E-state index is 12.1. The maximum Gasteiger partial charge on any atom is 0.319 e. The number of rotatable bonds is 8. The van der Waals surface area contributed by atoms with E-state index in [0.717, 1.165) is 5.56 Å². The van der Waals surface area contributed by atoms with E-state index in [1.807, 2.05) is 43.3 Å². The zero-order valence-electron chi connectivity index (χ0n) is 14.8. The van der Waals surface area contributed by atoms with Crippen molar-refractivity contribution in [3.8, 4) is 17.2 Å². The number of anilines is 1. The fourth-order valence-electron chi connectivity index (χ4n) is 2.37. The molecule has 6 nitrogen and oxygen atoms in total. The molecule has 2 N–H and O–H groups in total. The number of carbonyl (C=O) groups is 1. The molecule has 0 atom stereocenters.